The first-order chi connectivity index (χ1) is 10.2. The molecule has 0 aliphatic heterocycles. The van der Waals surface area contributed by atoms with Crippen LogP contribution in [0.15, 0.2) is 18.2 Å². The highest BCUT2D eigenvalue weighted by Gasteiger charge is 2.24. The highest BCUT2D eigenvalue weighted by molar-refractivity contribution is 7.05. The van der Waals surface area contributed by atoms with Gasteiger partial charge in [0, 0.05) is 5.56 Å². The second-order valence-electron chi connectivity index (χ2n) is 4.69. The van der Waals surface area contributed by atoms with E-state index in [9.17, 15) is 4.39 Å². The third kappa shape index (κ3) is 3.39. The Balaban J connectivity index is 2.46. The minimum absolute atomic E-state index is 0.244. The van der Waals surface area contributed by atoms with Crippen LogP contribution in [0.3, 0.4) is 0 Å². The zero-order chi connectivity index (χ0) is 15.2. The number of hydrogen-bond acceptors (Lipinski definition) is 5. The monoisotopic (exact) mass is 309 g/mol. The Morgan fingerprint density at radius 2 is 2.19 bits per heavy atom. The highest BCUT2D eigenvalue weighted by atomic mass is 32.1. The Bertz CT molecular complexity index is 588. The van der Waals surface area contributed by atoms with Gasteiger partial charge in [0.1, 0.15) is 0 Å². The standard InChI is InChI=1S/C15H20FN3OS/c1-4-7-11-15(21-19-18-11)14(17-5-2)10-8-6-9-12(20-3)13(10)16/h6,8-9,14,17H,4-5,7H2,1-3H3. The van der Waals surface area contributed by atoms with Gasteiger partial charge in [0.25, 0.3) is 0 Å². The van der Waals surface area contributed by atoms with Crippen molar-refractivity contribution < 1.29 is 9.13 Å². The summed E-state index contributed by atoms with van der Waals surface area (Å²) in [6.07, 6.45) is 1.83. The Hall–Kier alpha value is -1.53. The molecule has 0 amide bonds. The first-order valence-corrected chi connectivity index (χ1v) is 7.87. The van der Waals surface area contributed by atoms with Gasteiger partial charge < -0.3 is 10.1 Å². The molecule has 0 spiro atoms. The lowest BCUT2D eigenvalue weighted by molar-refractivity contribution is 0.382. The van der Waals surface area contributed by atoms with Crippen LogP contribution in [0.5, 0.6) is 5.75 Å². The number of methoxy groups -OCH3 is 1. The van der Waals surface area contributed by atoms with Crippen LogP contribution in [-0.4, -0.2) is 23.2 Å². The third-order valence-corrected chi connectivity index (χ3v) is 4.10. The Morgan fingerprint density at radius 1 is 1.38 bits per heavy atom. The number of nitrogens with one attached hydrogen (secondary N) is 1. The van der Waals surface area contributed by atoms with Gasteiger partial charge in [-0.3, -0.25) is 0 Å². The summed E-state index contributed by atoms with van der Waals surface area (Å²) in [4.78, 5) is 0.978. The molecule has 0 aliphatic rings. The lowest BCUT2D eigenvalue weighted by atomic mass is 10.0. The quantitative estimate of drug-likeness (QED) is 0.852. The number of halogens is 1. The molecule has 1 aromatic carbocycles. The average Bonchev–Trinajstić information content (AvgIpc) is 2.94. The second kappa shape index (κ2) is 7.47. The molecular formula is C15H20FN3OS. The SMILES string of the molecule is CCCc1nnsc1C(NCC)c1cccc(OC)c1F. The van der Waals surface area contributed by atoms with Crippen molar-refractivity contribution in [2.45, 2.75) is 32.7 Å². The van der Waals surface area contributed by atoms with Gasteiger partial charge in [-0.15, -0.1) is 5.10 Å². The predicted molar refractivity (Wildman–Crippen MR) is 82.4 cm³/mol. The number of hydrogen-bond donors (Lipinski definition) is 1. The van der Waals surface area contributed by atoms with Crippen molar-refractivity contribution in [1.82, 2.24) is 14.9 Å². The number of rotatable bonds is 7. The van der Waals surface area contributed by atoms with Gasteiger partial charge in [-0.2, -0.15) is 0 Å². The number of benzene rings is 1. The van der Waals surface area contributed by atoms with Gasteiger partial charge in [0.2, 0.25) is 0 Å². The summed E-state index contributed by atoms with van der Waals surface area (Å²) >= 11 is 1.32. The topological polar surface area (TPSA) is 47.0 Å². The van der Waals surface area contributed by atoms with Crippen LogP contribution in [0.1, 0.15) is 42.4 Å². The average molecular weight is 309 g/mol. The van der Waals surface area contributed by atoms with Crippen molar-refractivity contribution >= 4 is 11.5 Å². The molecule has 6 heteroatoms. The summed E-state index contributed by atoms with van der Waals surface area (Å²) in [5.41, 5.74) is 1.51. The van der Waals surface area contributed by atoms with Crippen LogP contribution in [-0.2, 0) is 6.42 Å². The summed E-state index contributed by atoms with van der Waals surface area (Å²) in [7, 11) is 1.47. The minimum Gasteiger partial charge on any atom is -0.494 e. The van der Waals surface area contributed by atoms with Gasteiger partial charge in [0.05, 0.1) is 23.7 Å². The predicted octanol–water partition coefficient (Wildman–Crippen LogP) is 3.34. The van der Waals surface area contributed by atoms with Crippen LogP contribution < -0.4 is 10.1 Å². The van der Waals surface area contributed by atoms with E-state index in [0.717, 1.165) is 30.0 Å². The summed E-state index contributed by atoms with van der Waals surface area (Å²) in [6.45, 7) is 4.82. The fourth-order valence-electron chi connectivity index (χ4n) is 2.30. The lowest BCUT2D eigenvalue weighted by Crippen LogP contribution is -2.23. The molecule has 21 heavy (non-hydrogen) atoms. The largest absolute Gasteiger partial charge is 0.494 e. The Labute approximate surface area is 128 Å². The fourth-order valence-corrected chi connectivity index (χ4v) is 3.09. The zero-order valence-corrected chi connectivity index (χ0v) is 13.3. The maximum Gasteiger partial charge on any atom is 0.170 e. The molecule has 1 unspecified atom stereocenters. The maximum atomic E-state index is 14.6. The van der Waals surface area contributed by atoms with E-state index >= 15 is 0 Å². The van der Waals surface area contributed by atoms with E-state index in [2.05, 4.69) is 21.8 Å². The van der Waals surface area contributed by atoms with E-state index in [1.54, 1.807) is 18.2 Å². The fraction of sp³-hybridized carbons (Fsp3) is 0.467. The molecule has 1 atom stereocenters. The lowest BCUT2D eigenvalue weighted by Gasteiger charge is -2.19. The van der Waals surface area contributed by atoms with E-state index in [4.69, 9.17) is 4.74 Å². The van der Waals surface area contributed by atoms with Gasteiger partial charge in [0.15, 0.2) is 11.6 Å². The normalized spacial score (nSPS) is 12.4. The molecule has 1 N–H and O–H groups in total. The molecule has 0 saturated carbocycles. The van der Waals surface area contributed by atoms with Crippen molar-refractivity contribution in [2.75, 3.05) is 13.7 Å². The number of ether oxygens (including phenoxy) is 1. The zero-order valence-electron chi connectivity index (χ0n) is 12.5. The Morgan fingerprint density at radius 3 is 2.86 bits per heavy atom. The van der Waals surface area contributed by atoms with Gasteiger partial charge in [-0.25, -0.2) is 4.39 Å². The summed E-state index contributed by atoms with van der Waals surface area (Å²) < 4.78 is 23.7. The molecule has 0 saturated heterocycles. The molecule has 114 valence electrons. The Kier molecular flexibility index (Phi) is 5.64. The van der Waals surface area contributed by atoms with Crippen LogP contribution in [0.4, 0.5) is 4.39 Å². The van der Waals surface area contributed by atoms with E-state index in [1.807, 2.05) is 6.92 Å². The van der Waals surface area contributed by atoms with Crippen molar-refractivity contribution in [1.29, 1.82) is 0 Å². The molecule has 0 aliphatic carbocycles. The van der Waals surface area contributed by atoms with Crippen molar-refractivity contribution in [2.24, 2.45) is 0 Å². The van der Waals surface area contributed by atoms with Gasteiger partial charge in [-0.05, 0) is 30.6 Å². The molecule has 0 bridgehead atoms. The summed E-state index contributed by atoms with van der Waals surface area (Å²) in [6, 6.07) is 4.96. The van der Waals surface area contributed by atoms with Crippen LogP contribution in [0, 0.1) is 5.82 Å². The van der Waals surface area contributed by atoms with E-state index in [1.165, 1.54) is 18.6 Å². The highest BCUT2D eigenvalue weighted by Crippen LogP contribution is 2.32. The number of nitrogens with zero attached hydrogens (tertiary/aromatic N) is 2. The molecular weight excluding hydrogens is 289 g/mol. The van der Waals surface area contributed by atoms with Crippen molar-refractivity contribution in [3.8, 4) is 5.75 Å². The molecule has 4 nitrogen and oxygen atoms in total. The first-order valence-electron chi connectivity index (χ1n) is 7.09. The van der Waals surface area contributed by atoms with Crippen molar-refractivity contribution in [3.63, 3.8) is 0 Å². The molecule has 2 aromatic rings. The van der Waals surface area contributed by atoms with E-state index in [-0.39, 0.29) is 17.6 Å². The molecule has 0 radical (unpaired) electrons. The second-order valence-corrected chi connectivity index (χ2v) is 5.47. The van der Waals surface area contributed by atoms with Crippen molar-refractivity contribution in [3.05, 3.63) is 40.2 Å². The first kappa shape index (κ1) is 15.9. The smallest absolute Gasteiger partial charge is 0.170 e. The van der Waals surface area contributed by atoms with Gasteiger partial charge >= 0.3 is 0 Å². The minimum atomic E-state index is -0.332. The molecule has 1 aromatic heterocycles. The van der Waals surface area contributed by atoms with Crippen LogP contribution in [0.2, 0.25) is 0 Å². The molecule has 0 fully saturated rings. The maximum absolute atomic E-state index is 14.6. The van der Waals surface area contributed by atoms with Crippen LogP contribution >= 0.6 is 11.5 Å². The molecule has 2 rings (SSSR count). The van der Waals surface area contributed by atoms with Crippen LogP contribution in [0.25, 0.3) is 0 Å². The van der Waals surface area contributed by atoms with E-state index in [0.29, 0.717) is 5.56 Å². The number of aryl methyl sites for hydroxylation is 1. The molecule has 1 heterocycles. The number of aromatic nitrogens is 2. The third-order valence-electron chi connectivity index (χ3n) is 3.27. The summed E-state index contributed by atoms with van der Waals surface area (Å²) in [5.74, 6) is -0.0771. The van der Waals surface area contributed by atoms with Gasteiger partial charge in [-0.1, -0.05) is 36.9 Å². The summed E-state index contributed by atoms with van der Waals surface area (Å²) in [5, 5.41) is 7.51. The van der Waals surface area contributed by atoms with E-state index < -0.39 is 0 Å².